The molecule has 0 amide bonds. The first kappa shape index (κ1) is 24.1. The number of anilines is 2. The molecule has 0 aliphatic heterocycles. The molecule has 2 aromatic carbocycles. The van der Waals surface area contributed by atoms with Gasteiger partial charge in [0.1, 0.15) is 17.4 Å². The molecule has 1 heterocycles. The Morgan fingerprint density at radius 1 is 1.15 bits per heavy atom. The van der Waals surface area contributed by atoms with E-state index in [9.17, 15) is 5.26 Å². The Bertz CT molecular complexity index is 1150. The van der Waals surface area contributed by atoms with E-state index in [-0.39, 0.29) is 0 Å². The molecular weight excluding hydrogens is 432 g/mol. The van der Waals surface area contributed by atoms with Gasteiger partial charge >= 0.3 is 0 Å². The molecule has 0 saturated carbocycles. The number of hydrogen-bond donors (Lipinski definition) is 2. The third kappa shape index (κ3) is 6.46. The van der Waals surface area contributed by atoms with Crippen molar-refractivity contribution in [3.8, 4) is 23.1 Å². The fourth-order valence-corrected chi connectivity index (χ4v) is 4.04. The SMILES string of the molecule is COc1ccc(-c2nc(SCCC(C)C)nc(N/N=C(/C)c3ccc(N)cc3)c2C#N)cc1. The number of aromatic nitrogens is 2. The Kier molecular flexibility index (Phi) is 8.28. The summed E-state index contributed by atoms with van der Waals surface area (Å²) in [5.74, 6) is 2.58. The van der Waals surface area contributed by atoms with Crippen LogP contribution in [-0.2, 0) is 0 Å². The first-order valence-electron chi connectivity index (χ1n) is 10.7. The van der Waals surface area contributed by atoms with Crippen LogP contribution in [-0.4, -0.2) is 28.5 Å². The van der Waals surface area contributed by atoms with Gasteiger partial charge in [-0.25, -0.2) is 9.97 Å². The lowest BCUT2D eigenvalue weighted by atomic mass is 10.1. The maximum absolute atomic E-state index is 9.95. The number of nitrogens with zero attached hydrogens (tertiary/aromatic N) is 4. The molecule has 0 bridgehead atoms. The molecule has 1 aromatic heterocycles. The summed E-state index contributed by atoms with van der Waals surface area (Å²) in [5.41, 5.74) is 12.8. The molecule has 0 aliphatic carbocycles. The normalized spacial score (nSPS) is 11.3. The summed E-state index contributed by atoms with van der Waals surface area (Å²) >= 11 is 1.57. The summed E-state index contributed by atoms with van der Waals surface area (Å²) in [5, 5.41) is 15.0. The third-order valence-electron chi connectivity index (χ3n) is 4.95. The lowest BCUT2D eigenvalue weighted by Crippen LogP contribution is -2.06. The molecule has 170 valence electrons. The van der Waals surface area contributed by atoms with Gasteiger partial charge in [0, 0.05) is 17.0 Å². The highest BCUT2D eigenvalue weighted by Gasteiger charge is 2.17. The van der Waals surface area contributed by atoms with Gasteiger partial charge in [0.2, 0.25) is 0 Å². The van der Waals surface area contributed by atoms with Crippen molar-refractivity contribution in [2.45, 2.75) is 32.3 Å². The zero-order valence-electron chi connectivity index (χ0n) is 19.3. The van der Waals surface area contributed by atoms with Crippen molar-refractivity contribution in [2.75, 3.05) is 24.0 Å². The van der Waals surface area contributed by atoms with Crippen molar-refractivity contribution in [2.24, 2.45) is 11.0 Å². The number of nitrogens with one attached hydrogen (secondary N) is 1. The van der Waals surface area contributed by atoms with Crippen LogP contribution in [0.1, 0.15) is 38.3 Å². The molecule has 0 saturated heterocycles. The largest absolute Gasteiger partial charge is 0.497 e. The second-order valence-corrected chi connectivity index (χ2v) is 8.94. The molecular formula is C25H28N6OS. The van der Waals surface area contributed by atoms with E-state index in [4.69, 9.17) is 15.5 Å². The lowest BCUT2D eigenvalue weighted by Gasteiger charge is -2.12. The van der Waals surface area contributed by atoms with Crippen molar-refractivity contribution < 1.29 is 4.74 Å². The summed E-state index contributed by atoms with van der Waals surface area (Å²) in [6.07, 6.45) is 1.04. The Labute approximate surface area is 199 Å². The maximum atomic E-state index is 9.95. The van der Waals surface area contributed by atoms with Gasteiger partial charge in [-0.05, 0) is 61.2 Å². The number of hydrogen-bond acceptors (Lipinski definition) is 8. The average Bonchev–Trinajstić information content (AvgIpc) is 2.82. The fraction of sp³-hybridized carbons (Fsp3) is 0.280. The van der Waals surface area contributed by atoms with E-state index >= 15 is 0 Å². The second kappa shape index (κ2) is 11.3. The minimum Gasteiger partial charge on any atom is -0.497 e. The van der Waals surface area contributed by atoms with Crippen molar-refractivity contribution in [3.63, 3.8) is 0 Å². The van der Waals surface area contributed by atoms with E-state index in [2.05, 4.69) is 35.4 Å². The highest BCUT2D eigenvalue weighted by molar-refractivity contribution is 7.99. The molecule has 3 aromatic rings. The van der Waals surface area contributed by atoms with Gasteiger partial charge in [0.25, 0.3) is 0 Å². The Morgan fingerprint density at radius 2 is 1.85 bits per heavy atom. The average molecular weight is 461 g/mol. The number of nitrogen functional groups attached to an aromatic ring is 1. The van der Waals surface area contributed by atoms with Gasteiger partial charge < -0.3 is 10.5 Å². The smallest absolute Gasteiger partial charge is 0.190 e. The van der Waals surface area contributed by atoms with Crippen LogP contribution in [0.2, 0.25) is 0 Å². The minimum atomic E-state index is 0.335. The zero-order chi connectivity index (χ0) is 23.8. The molecule has 0 spiro atoms. The Balaban J connectivity index is 1.99. The summed E-state index contributed by atoms with van der Waals surface area (Å²) in [7, 11) is 1.62. The minimum absolute atomic E-state index is 0.335. The van der Waals surface area contributed by atoms with Crippen LogP contribution in [0.3, 0.4) is 0 Å². The van der Waals surface area contributed by atoms with Crippen molar-refractivity contribution in [3.05, 3.63) is 59.7 Å². The monoisotopic (exact) mass is 460 g/mol. The summed E-state index contributed by atoms with van der Waals surface area (Å²) < 4.78 is 5.26. The number of methoxy groups -OCH3 is 1. The summed E-state index contributed by atoms with van der Waals surface area (Å²) in [6, 6.07) is 17.2. The van der Waals surface area contributed by atoms with Crippen LogP contribution in [0, 0.1) is 17.2 Å². The topological polar surface area (TPSA) is 109 Å². The highest BCUT2D eigenvalue weighted by Crippen LogP contribution is 2.30. The van der Waals surface area contributed by atoms with Crippen LogP contribution >= 0.6 is 11.8 Å². The number of benzene rings is 2. The first-order chi connectivity index (χ1) is 15.9. The molecule has 7 nitrogen and oxygen atoms in total. The van der Waals surface area contributed by atoms with Crippen LogP contribution < -0.4 is 15.9 Å². The van der Waals surface area contributed by atoms with Crippen molar-refractivity contribution >= 4 is 29.0 Å². The Hall–Kier alpha value is -3.57. The second-order valence-electron chi connectivity index (χ2n) is 7.88. The number of ether oxygens (including phenoxy) is 1. The van der Waals surface area contributed by atoms with Gasteiger partial charge in [-0.2, -0.15) is 10.4 Å². The number of thioether (sulfide) groups is 1. The first-order valence-corrected chi connectivity index (χ1v) is 11.7. The van der Waals surface area contributed by atoms with E-state index in [1.807, 2.05) is 55.5 Å². The Morgan fingerprint density at radius 3 is 2.45 bits per heavy atom. The van der Waals surface area contributed by atoms with Crippen LogP contribution in [0.5, 0.6) is 5.75 Å². The number of nitriles is 1. The van der Waals surface area contributed by atoms with Crippen LogP contribution in [0.4, 0.5) is 11.5 Å². The van der Waals surface area contributed by atoms with Crippen LogP contribution in [0.25, 0.3) is 11.3 Å². The molecule has 0 fully saturated rings. The van der Waals surface area contributed by atoms with Crippen LogP contribution in [0.15, 0.2) is 58.8 Å². The van der Waals surface area contributed by atoms with Crippen molar-refractivity contribution in [1.82, 2.24) is 9.97 Å². The number of rotatable bonds is 9. The van der Waals surface area contributed by atoms with Gasteiger partial charge in [-0.15, -0.1) is 0 Å². The number of nitrogens with two attached hydrogens (primary N) is 1. The highest BCUT2D eigenvalue weighted by atomic mass is 32.2. The third-order valence-corrected chi connectivity index (χ3v) is 5.83. The van der Waals surface area contributed by atoms with Crippen molar-refractivity contribution in [1.29, 1.82) is 5.26 Å². The maximum Gasteiger partial charge on any atom is 0.190 e. The van der Waals surface area contributed by atoms with Gasteiger partial charge in [-0.1, -0.05) is 37.7 Å². The molecule has 0 radical (unpaired) electrons. The number of hydrazone groups is 1. The van der Waals surface area contributed by atoms with E-state index in [1.165, 1.54) is 0 Å². The molecule has 0 unspecified atom stereocenters. The molecule has 3 rings (SSSR count). The summed E-state index contributed by atoms with van der Waals surface area (Å²) in [6.45, 7) is 6.25. The fourth-order valence-electron chi connectivity index (χ4n) is 2.96. The standard InChI is InChI=1S/C25H28N6OS/c1-16(2)13-14-33-25-28-23(19-7-11-21(32-4)12-8-19)22(15-26)24(29-25)31-30-17(3)18-5-9-20(27)10-6-18/h5-12,16H,13-14,27H2,1-4H3,(H,28,29,31)/b30-17-. The predicted molar refractivity (Wildman–Crippen MR) is 136 cm³/mol. The van der Waals surface area contributed by atoms with Gasteiger partial charge in [0.15, 0.2) is 11.0 Å². The van der Waals surface area contributed by atoms with E-state index < -0.39 is 0 Å². The van der Waals surface area contributed by atoms with E-state index in [1.54, 1.807) is 18.9 Å². The summed E-state index contributed by atoms with van der Waals surface area (Å²) in [4.78, 5) is 9.31. The molecule has 33 heavy (non-hydrogen) atoms. The molecule has 0 aliphatic rings. The van der Waals surface area contributed by atoms with E-state index in [0.717, 1.165) is 34.8 Å². The quantitative estimate of drug-likeness (QED) is 0.141. The van der Waals surface area contributed by atoms with Gasteiger partial charge in [0.05, 0.1) is 18.5 Å². The zero-order valence-corrected chi connectivity index (χ0v) is 20.1. The lowest BCUT2D eigenvalue weighted by molar-refractivity contribution is 0.415. The molecule has 0 atom stereocenters. The van der Waals surface area contributed by atoms with E-state index in [0.29, 0.717) is 33.8 Å². The predicted octanol–water partition coefficient (Wildman–Crippen LogP) is 5.58. The molecule has 3 N–H and O–H groups in total. The molecule has 8 heteroatoms. The van der Waals surface area contributed by atoms with Gasteiger partial charge in [-0.3, -0.25) is 5.43 Å².